The average Bonchev–Trinajstić information content (AvgIpc) is 3.26. The van der Waals surface area contributed by atoms with Crippen LogP contribution in [0, 0.1) is 5.92 Å². The molecule has 1 aromatic heterocycles. The number of carbonyl (C=O) groups is 2. The number of carbonyl (C=O) groups excluding carboxylic acids is 2. The van der Waals surface area contributed by atoms with Crippen molar-refractivity contribution in [3.8, 4) is 0 Å². The van der Waals surface area contributed by atoms with Crippen molar-refractivity contribution in [2.75, 3.05) is 13.1 Å². The summed E-state index contributed by atoms with van der Waals surface area (Å²) in [6.45, 7) is 3.80. The maximum absolute atomic E-state index is 13.5. The maximum Gasteiger partial charge on any atom is 0.290 e. The summed E-state index contributed by atoms with van der Waals surface area (Å²) in [5, 5.41) is 0. The number of hydrogen-bond acceptors (Lipinski definition) is 4. The van der Waals surface area contributed by atoms with E-state index < -0.39 is 6.04 Å². The molecule has 2 N–H and O–H groups in total. The second kappa shape index (κ2) is 7.80. The number of piperidine rings is 1. The van der Waals surface area contributed by atoms with E-state index in [2.05, 4.69) is 0 Å². The van der Waals surface area contributed by atoms with Gasteiger partial charge in [0.25, 0.3) is 5.91 Å². The summed E-state index contributed by atoms with van der Waals surface area (Å²) in [7, 11) is 0. The van der Waals surface area contributed by atoms with Crippen LogP contribution in [0.5, 0.6) is 0 Å². The Kier molecular flexibility index (Phi) is 5.22. The first-order chi connectivity index (χ1) is 13.5. The van der Waals surface area contributed by atoms with Gasteiger partial charge in [0.15, 0.2) is 5.76 Å². The van der Waals surface area contributed by atoms with Crippen molar-refractivity contribution in [3.05, 3.63) is 59.5 Å². The minimum atomic E-state index is -0.515. The normalized spacial score (nSPS) is 23.2. The molecule has 3 atom stereocenters. The summed E-state index contributed by atoms with van der Waals surface area (Å²) >= 11 is 0. The lowest BCUT2D eigenvalue weighted by Crippen LogP contribution is -2.56. The van der Waals surface area contributed by atoms with Crippen LogP contribution in [0.4, 0.5) is 0 Å². The molecule has 3 heterocycles. The van der Waals surface area contributed by atoms with Crippen molar-refractivity contribution in [2.24, 2.45) is 11.7 Å². The van der Waals surface area contributed by atoms with E-state index in [1.807, 2.05) is 36.1 Å². The lowest BCUT2D eigenvalue weighted by atomic mass is 9.89. The van der Waals surface area contributed by atoms with Crippen LogP contribution in [-0.4, -0.2) is 46.8 Å². The Hall–Kier alpha value is -2.60. The van der Waals surface area contributed by atoms with E-state index in [9.17, 15) is 9.59 Å². The molecule has 148 valence electrons. The fraction of sp³-hybridized carbons (Fsp3) is 0.455. The standard InChI is InChI=1S/C22H27N3O3/c1-15(23)17-8-4-10-24(13-17)21(26)19-12-16-6-2-3-7-18(16)14-25(19)22(27)20-9-5-11-28-20/h2-3,5-7,9,11,15,17,19H,4,8,10,12-14,23H2,1H3. The van der Waals surface area contributed by atoms with Gasteiger partial charge in [-0.3, -0.25) is 9.59 Å². The van der Waals surface area contributed by atoms with Gasteiger partial charge in [0, 0.05) is 32.1 Å². The number of furan rings is 1. The predicted octanol–water partition coefficient (Wildman–Crippen LogP) is 2.43. The molecule has 0 spiro atoms. The van der Waals surface area contributed by atoms with Gasteiger partial charge in [-0.15, -0.1) is 0 Å². The first kappa shape index (κ1) is 18.7. The third kappa shape index (κ3) is 3.56. The van der Waals surface area contributed by atoms with E-state index in [0.717, 1.165) is 30.5 Å². The third-order valence-corrected chi connectivity index (χ3v) is 6.04. The van der Waals surface area contributed by atoms with Crippen LogP contribution in [0.3, 0.4) is 0 Å². The second-order valence-corrected chi connectivity index (χ2v) is 7.94. The number of likely N-dealkylation sites (tertiary alicyclic amines) is 1. The summed E-state index contributed by atoms with van der Waals surface area (Å²) in [5.74, 6) is 0.352. The summed E-state index contributed by atoms with van der Waals surface area (Å²) in [6, 6.07) is 10.9. The van der Waals surface area contributed by atoms with Gasteiger partial charge in [0.05, 0.1) is 6.26 Å². The predicted molar refractivity (Wildman–Crippen MR) is 105 cm³/mol. The monoisotopic (exact) mass is 381 g/mol. The van der Waals surface area contributed by atoms with Crippen molar-refractivity contribution < 1.29 is 14.0 Å². The van der Waals surface area contributed by atoms with E-state index in [4.69, 9.17) is 10.2 Å². The molecule has 2 amide bonds. The zero-order chi connectivity index (χ0) is 19.7. The Bertz CT molecular complexity index is 846. The first-order valence-corrected chi connectivity index (χ1v) is 10.00. The van der Waals surface area contributed by atoms with Crippen LogP contribution in [0.2, 0.25) is 0 Å². The molecule has 3 unspecified atom stereocenters. The lowest BCUT2D eigenvalue weighted by molar-refractivity contribution is -0.138. The molecule has 0 aliphatic carbocycles. The highest BCUT2D eigenvalue weighted by Crippen LogP contribution is 2.28. The second-order valence-electron chi connectivity index (χ2n) is 7.94. The molecule has 0 radical (unpaired) electrons. The molecule has 1 saturated heterocycles. The summed E-state index contributed by atoms with van der Waals surface area (Å²) in [5.41, 5.74) is 8.31. The van der Waals surface area contributed by atoms with Gasteiger partial charge >= 0.3 is 0 Å². The van der Waals surface area contributed by atoms with Gasteiger partial charge in [-0.1, -0.05) is 24.3 Å². The van der Waals surface area contributed by atoms with Crippen LogP contribution in [0.15, 0.2) is 47.1 Å². The molecule has 2 aliphatic rings. The van der Waals surface area contributed by atoms with Gasteiger partial charge in [-0.25, -0.2) is 0 Å². The number of rotatable bonds is 3. The highest BCUT2D eigenvalue weighted by molar-refractivity contribution is 5.96. The molecule has 6 heteroatoms. The SMILES string of the molecule is CC(N)C1CCCN(C(=O)C2Cc3ccccc3CN2C(=O)c2ccco2)C1. The van der Waals surface area contributed by atoms with Gasteiger partial charge in [-0.05, 0) is 48.9 Å². The zero-order valence-electron chi connectivity index (χ0n) is 16.2. The summed E-state index contributed by atoms with van der Waals surface area (Å²) in [4.78, 5) is 30.1. The summed E-state index contributed by atoms with van der Waals surface area (Å²) < 4.78 is 5.33. The molecular weight excluding hydrogens is 354 g/mol. The Balaban J connectivity index is 1.62. The molecule has 1 fully saturated rings. The van der Waals surface area contributed by atoms with E-state index >= 15 is 0 Å². The number of nitrogens with two attached hydrogens (primary N) is 1. The smallest absolute Gasteiger partial charge is 0.290 e. The van der Waals surface area contributed by atoms with Crippen LogP contribution in [-0.2, 0) is 17.8 Å². The van der Waals surface area contributed by atoms with Crippen molar-refractivity contribution in [1.29, 1.82) is 0 Å². The van der Waals surface area contributed by atoms with E-state index in [1.54, 1.807) is 17.0 Å². The van der Waals surface area contributed by atoms with Gasteiger partial charge < -0.3 is 20.0 Å². The minimum Gasteiger partial charge on any atom is -0.459 e. The van der Waals surface area contributed by atoms with Crippen molar-refractivity contribution in [3.63, 3.8) is 0 Å². The fourth-order valence-corrected chi connectivity index (χ4v) is 4.35. The van der Waals surface area contributed by atoms with E-state index in [1.165, 1.54) is 6.26 Å². The Morgan fingerprint density at radius 2 is 1.96 bits per heavy atom. The maximum atomic E-state index is 13.5. The molecule has 28 heavy (non-hydrogen) atoms. The van der Waals surface area contributed by atoms with Crippen LogP contribution >= 0.6 is 0 Å². The number of amides is 2. The molecule has 0 saturated carbocycles. The highest BCUT2D eigenvalue weighted by Gasteiger charge is 2.39. The molecule has 1 aromatic carbocycles. The molecule has 4 rings (SSSR count). The largest absolute Gasteiger partial charge is 0.459 e. The van der Waals surface area contributed by atoms with Crippen molar-refractivity contribution in [2.45, 2.75) is 44.8 Å². The highest BCUT2D eigenvalue weighted by atomic mass is 16.3. The van der Waals surface area contributed by atoms with E-state index in [0.29, 0.717) is 25.4 Å². The summed E-state index contributed by atoms with van der Waals surface area (Å²) in [6.07, 6.45) is 4.01. The van der Waals surface area contributed by atoms with Crippen molar-refractivity contribution in [1.82, 2.24) is 9.80 Å². The van der Waals surface area contributed by atoms with Gasteiger partial charge in [-0.2, -0.15) is 0 Å². The fourth-order valence-electron chi connectivity index (χ4n) is 4.35. The van der Waals surface area contributed by atoms with Gasteiger partial charge in [0.1, 0.15) is 6.04 Å². The van der Waals surface area contributed by atoms with E-state index in [-0.39, 0.29) is 23.6 Å². The van der Waals surface area contributed by atoms with Gasteiger partial charge in [0.2, 0.25) is 5.91 Å². The number of hydrogen-bond donors (Lipinski definition) is 1. The van der Waals surface area contributed by atoms with Crippen LogP contribution < -0.4 is 5.73 Å². The zero-order valence-corrected chi connectivity index (χ0v) is 16.2. The Labute approximate surface area is 165 Å². The molecule has 2 aliphatic heterocycles. The molecule has 2 aromatic rings. The van der Waals surface area contributed by atoms with Crippen molar-refractivity contribution >= 4 is 11.8 Å². The van der Waals surface area contributed by atoms with Crippen LogP contribution in [0.25, 0.3) is 0 Å². The number of benzene rings is 1. The van der Waals surface area contributed by atoms with Crippen LogP contribution in [0.1, 0.15) is 41.4 Å². The number of nitrogens with zero attached hydrogens (tertiary/aromatic N) is 2. The topological polar surface area (TPSA) is 79.8 Å². The molecule has 0 bridgehead atoms. The first-order valence-electron chi connectivity index (χ1n) is 10.00. The Morgan fingerprint density at radius 1 is 1.18 bits per heavy atom. The quantitative estimate of drug-likeness (QED) is 0.886. The molecule has 6 nitrogen and oxygen atoms in total. The lowest BCUT2D eigenvalue weighted by Gasteiger charge is -2.41. The minimum absolute atomic E-state index is 0.0137. The molecular formula is C22H27N3O3. The Morgan fingerprint density at radius 3 is 2.68 bits per heavy atom. The number of fused-ring (bicyclic) bond motifs is 1. The average molecular weight is 381 g/mol. The third-order valence-electron chi connectivity index (χ3n) is 6.04.